The lowest BCUT2D eigenvalue weighted by atomic mass is 9.86. The molecular weight excluding hydrogens is 298 g/mol. The van der Waals surface area contributed by atoms with Gasteiger partial charge in [-0.15, -0.1) is 0 Å². The van der Waals surface area contributed by atoms with Crippen molar-refractivity contribution in [1.82, 2.24) is 0 Å². The van der Waals surface area contributed by atoms with Crippen molar-refractivity contribution in [3.8, 4) is 0 Å². The van der Waals surface area contributed by atoms with Gasteiger partial charge in [0.1, 0.15) is 0 Å². The van der Waals surface area contributed by atoms with Gasteiger partial charge in [-0.05, 0) is 48.5 Å². The Morgan fingerprint density at radius 3 is 1.82 bits per heavy atom. The first-order chi connectivity index (χ1) is 10.0. The molecule has 1 unspecified atom stereocenters. The minimum Gasteiger partial charge on any atom is -0.401 e. The van der Waals surface area contributed by atoms with Crippen LogP contribution in [-0.4, -0.2) is 37.1 Å². The Hall–Kier alpha value is -0.330. The van der Waals surface area contributed by atoms with Crippen molar-refractivity contribution in [1.29, 1.82) is 0 Å². The summed E-state index contributed by atoms with van der Waals surface area (Å²) in [5.74, 6) is 0. The van der Waals surface area contributed by atoms with Gasteiger partial charge >= 0.3 is 14.2 Å². The second kappa shape index (κ2) is 5.08. The molecule has 3 heterocycles. The fourth-order valence-electron chi connectivity index (χ4n) is 2.45. The Morgan fingerprint density at radius 1 is 0.864 bits per heavy atom. The van der Waals surface area contributed by atoms with E-state index in [9.17, 15) is 0 Å². The van der Waals surface area contributed by atoms with Gasteiger partial charge < -0.3 is 18.6 Å². The zero-order valence-electron chi connectivity index (χ0n) is 14.4. The number of thiophene rings is 1. The first-order valence-electron chi connectivity index (χ1n) is 7.80. The third-order valence-corrected chi connectivity index (χ3v) is 6.21. The molecule has 0 bridgehead atoms. The molecule has 2 aliphatic heterocycles. The summed E-state index contributed by atoms with van der Waals surface area (Å²) in [4.78, 5) is 0. The lowest BCUT2D eigenvalue weighted by Gasteiger charge is -2.32. The van der Waals surface area contributed by atoms with Crippen molar-refractivity contribution in [3.63, 3.8) is 0 Å². The molecule has 0 aromatic carbocycles. The number of rotatable bonds is 2. The van der Waals surface area contributed by atoms with Crippen molar-refractivity contribution in [2.75, 3.05) is 0 Å². The third-order valence-electron chi connectivity index (χ3n) is 5.08. The highest BCUT2D eigenvalue weighted by atomic mass is 32.1. The Bertz CT molecular complexity index is 554. The molecule has 4 nitrogen and oxygen atoms in total. The first-order valence-corrected chi connectivity index (χ1v) is 8.62. The van der Waals surface area contributed by atoms with Crippen molar-refractivity contribution < 1.29 is 18.6 Å². The van der Waals surface area contributed by atoms with Gasteiger partial charge in [0.05, 0.1) is 22.9 Å². The van der Waals surface area contributed by atoms with E-state index in [1.807, 2.05) is 19.1 Å². The monoisotopic (exact) mass is 322 g/mol. The van der Waals surface area contributed by atoms with E-state index < -0.39 is 0 Å². The fourth-order valence-corrected chi connectivity index (χ4v) is 3.39. The van der Waals surface area contributed by atoms with Crippen molar-refractivity contribution >= 4 is 35.1 Å². The largest absolute Gasteiger partial charge is 0.505 e. The predicted octanol–water partition coefficient (Wildman–Crippen LogP) is 1.96. The molecule has 0 saturated carbocycles. The number of hydrogen-bond acceptors (Lipinski definition) is 5. The molecule has 0 amide bonds. The maximum atomic E-state index is 6.09. The molecule has 1 atom stereocenters. The molecular formula is C15H24B2O4S. The minimum absolute atomic E-state index is 0.0693. The van der Waals surface area contributed by atoms with E-state index in [0.717, 1.165) is 9.55 Å². The molecule has 0 N–H and O–H groups in total. The summed E-state index contributed by atoms with van der Waals surface area (Å²) in [5.41, 5.74) is -0.906. The second-order valence-electron chi connectivity index (χ2n) is 7.66. The van der Waals surface area contributed by atoms with E-state index in [1.165, 1.54) is 0 Å². The highest BCUT2D eigenvalue weighted by Gasteiger charge is 2.52. The van der Waals surface area contributed by atoms with Crippen molar-refractivity contribution in [2.45, 2.75) is 71.4 Å². The second-order valence-corrected chi connectivity index (χ2v) is 8.81. The number of hydrogen-bond donors (Lipinski definition) is 0. The van der Waals surface area contributed by atoms with Gasteiger partial charge in [-0.3, -0.25) is 0 Å². The van der Waals surface area contributed by atoms with Gasteiger partial charge in [-0.1, -0.05) is 12.1 Å². The average Bonchev–Trinajstić information content (AvgIpc) is 2.98. The highest BCUT2D eigenvalue weighted by molar-refractivity contribution is 7.30. The molecule has 0 spiro atoms. The molecule has 0 radical (unpaired) electrons. The predicted molar refractivity (Wildman–Crippen MR) is 91.1 cm³/mol. The van der Waals surface area contributed by atoms with Gasteiger partial charge in [0.25, 0.3) is 0 Å². The van der Waals surface area contributed by atoms with Crippen LogP contribution in [0.1, 0.15) is 48.5 Å². The summed E-state index contributed by atoms with van der Waals surface area (Å²) in [6.45, 7) is 14.4. The van der Waals surface area contributed by atoms with Gasteiger partial charge in [0, 0.05) is 9.55 Å². The lowest BCUT2D eigenvalue weighted by Crippen LogP contribution is -2.41. The molecule has 120 valence electrons. The van der Waals surface area contributed by atoms with Crippen LogP contribution < -0.4 is 9.55 Å². The maximum absolute atomic E-state index is 6.09. The maximum Gasteiger partial charge on any atom is 0.505 e. The van der Waals surface area contributed by atoms with Crippen LogP contribution in [0.4, 0.5) is 0 Å². The van der Waals surface area contributed by atoms with Gasteiger partial charge in [-0.2, -0.15) is 11.3 Å². The van der Waals surface area contributed by atoms with Crippen LogP contribution in [0.3, 0.4) is 0 Å². The zero-order chi connectivity index (χ0) is 16.3. The Labute approximate surface area is 137 Å². The van der Waals surface area contributed by atoms with E-state index in [2.05, 4.69) is 41.5 Å². The van der Waals surface area contributed by atoms with Gasteiger partial charge in [0.15, 0.2) is 0 Å². The lowest BCUT2D eigenvalue weighted by molar-refractivity contribution is 0.00578. The molecule has 3 rings (SSSR count). The summed E-state index contributed by atoms with van der Waals surface area (Å²) < 4.78 is 26.2. The molecule has 1 aromatic heterocycles. The van der Waals surface area contributed by atoms with Gasteiger partial charge in [0.2, 0.25) is 0 Å². The highest BCUT2D eigenvalue weighted by Crippen LogP contribution is 2.36. The van der Waals surface area contributed by atoms with Crippen molar-refractivity contribution in [3.05, 3.63) is 12.1 Å². The van der Waals surface area contributed by atoms with Crippen LogP contribution in [-0.2, 0) is 18.6 Å². The van der Waals surface area contributed by atoms with E-state index in [0.29, 0.717) is 0 Å². The van der Waals surface area contributed by atoms with E-state index in [1.54, 1.807) is 11.3 Å². The summed E-state index contributed by atoms with van der Waals surface area (Å²) in [5, 5.41) is 0. The topological polar surface area (TPSA) is 36.9 Å². The first kappa shape index (κ1) is 16.5. The molecule has 2 aliphatic rings. The summed E-state index contributed by atoms with van der Waals surface area (Å²) >= 11 is 1.63. The van der Waals surface area contributed by atoms with Crippen molar-refractivity contribution in [2.24, 2.45) is 0 Å². The molecule has 1 aromatic rings. The van der Waals surface area contributed by atoms with E-state index in [4.69, 9.17) is 18.6 Å². The van der Waals surface area contributed by atoms with Gasteiger partial charge in [-0.25, -0.2) is 0 Å². The summed E-state index contributed by atoms with van der Waals surface area (Å²) in [7, 11) is -0.623. The zero-order valence-corrected chi connectivity index (χ0v) is 15.2. The summed E-state index contributed by atoms with van der Waals surface area (Å²) in [6.07, 6.45) is 0.0693. The molecule has 7 heteroatoms. The van der Waals surface area contributed by atoms with Crippen LogP contribution >= 0.6 is 11.3 Å². The Kier molecular flexibility index (Phi) is 3.82. The fraction of sp³-hybridized carbons (Fsp3) is 0.733. The minimum atomic E-state index is -0.324. The standard InChI is InChI=1S/C15H24B2O4S/c1-10-13(2,3)19-16(18-10)11-8-9-12(22-11)17-20-14(4,5)15(6,7)21-17/h8-10H,1-7H3. The smallest absolute Gasteiger partial charge is 0.401 e. The third kappa shape index (κ3) is 2.67. The van der Waals surface area contributed by atoms with Crippen LogP contribution in [0.5, 0.6) is 0 Å². The SMILES string of the molecule is CC1OB(c2ccc(B3OC(C)(C)C(C)(C)O3)s2)OC1(C)C. The van der Waals surface area contributed by atoms with Crippen LogP contribution in [0, 0.1) is 0 Å². The molecule has 0 aliphatic carbocycles. The Balaban J connectivity index is 1.76. The summed E-state index contributed by atoms with van der Waals surface area (Å²) in [6, 6.07) is 4.09. The van der Waals surface area contributed by atoms with Crippen LogP contribution in [0.15, 0.2) is 12.1 Å². The quantitative estimate of drug-likeness (QED) is 0.780. The van der Waals surface area contributed by atoms with E-state index >= 15 is 0 Å². The molecule has 22 heavy (non-hydrogen) atoms. The normalized spacial score (nSPS) is 29.3. The molecule has 2 fully saturated rings. The van der Waals surface area contributed by atoms with Crippen LogP contribution in [0.2, 0.25) is 0 Å². The molecule has 2 saturated heterocycles. The average molecular weight is 322 g/mol. The Morgan fingerprint density at radius 2 is 1.36 bits per heavy atom. The van der Waals surface area contributed by atoms with E-state index in [-0.39, 0.29) is 37.1 Å². The van der Waals surface area contributed by atoms with Crippen LogP contribution in [0.25, 0.3) is 0 Å².